The van der Waals surface area contributed by atoms with Gasteiger partial charge in [-0.2, -0.15) is 8.75 Å². The predicted octanol–water partition coefficient (Wildman–Crippen LogP) is 5.90. The Morgan fingerprint density at radius 1 is 0.784 bits per heavy atom. The molecule has 0 saturated heterocycles. The Bertz CT molecular complexity index is 987. The van der Waals surface area contributed by atoms with Gasteiger partial charge in [-0.15, -0.1) is 8.75 Å². The molecule has 0 bridgehead atoms. The van der Waals surface area contributed by atoms with Gasteiger partial charge in [-0.05, 0) is 56.8 Å². The van der Waals surface area contributed by atoms with E-state index in [9.17, 15) is 0 Å². The number of ether oxygens (including phenoxy) is 2. The Morgan fingerprint density at radius 3 is 1.81 bits per heavy atom. The molecule has 0 amide bonds. The molecule has 2 aliphatic heterocycles. The summed E-state index contributed by atoms with van der Waals surface area (Å²) >= 11 is 2.48. The molecule has 10 heteroatoms. The maximum atomic E-state index is 5.79. The van der Waals surface area contributed by atoms with Crippen molar-refractivity contribution in [3.05, 3.63) is 23.5 Å². The number of aromatic nitrogens is 4. The average Bonchev–Trinajstić information content (AvgIpc) is 3.54. The third-order valence-electron chi connectivity index (χ3n) is 6.38. The summed E-state index contributed by atoms with van der Waals surface area (Å²) in [5, 5.41) is 0. The monoisotopic (exact) mass is 548 g/mol. The molecule has 4 rings (SSSR count). The van der Waals surface area contributed by atoms with Crippen LogP contribution in [0.5, 0.6) is 11.8 Å². The highest BCUT2D eigenvalue weighted by Gasteiger charge is 2.19. The molecule has 0 atom stereocenters. The van der Waals surface area contributed by atoms with Crippen LogP contribution in [0.4, 0.5) is 0 Å². The van der Waals surface area contributed by atoms with Crippen molar-refractivity contribution in [1.82, 2.24) is 27.3 Å². The molecular weight excluding hydrogens is 504 g/mol. The van der Waals surface area contributed by atoms with E-state index in [-0.39, 0.29) is 0 Å². The van der Waals surface area contributed by atoms with Crippen molar-refractivity contribution in [1.29, 1.82) is 0 Å². The van der Waals surface area contributed by atoms with E-state index in [1.54, 1.807) is 0 Å². The van der Waals surface area contributed by atoms with Gasteiger partial charge in [-0.1, -0.05) is 52.2 Å². The van der Waals surface area contributed by atoms with Crippen LogP contribution in [0.2, 0.25) is 0 Å². The first-order chi connectivity index (χ1) is 18.0. The van der Waals surface area contributed by atoms with Crippen LogP contribution in [0.15, 0.2) is 12.2 Å². The van der Waals surface area contributed by atoms with Crippen LogP contribution in [0.25, 0.3) is 11.1 Å². The molecule has 8 nitrogen and oxygen atoms in total. The number of hydrogen-bond donors (Lipinski definition) is 0. The second-order valence-electron chi connectivity index (χ2n) is 10.3. The lowest BCUT2D eigenvalue weighted by atomic mass is 10.1. The molecule has 0 radical (unpaired) electrons. The molecular formula is C27H44N6O2S2. The number of nitrogens with zero attached hydrogens (tertiary/aromatic N) is 6. The largest absolute Gasteiger partial charge is 0.475 e. The van der Waals surface area contributed by atoms with Gasteiger partial charge in [0.1, 0.15) is 11.4 Å². The summed E-state index contributed by atoms with van der Waals surface area (Å²) in [5.41, 5.74) is 4.39. The number of unbranched alkanes of at least 4 members (excludes halogenated alkanes) is 3. The summed E-state index contributed by atoms with van der Waals surface area (Å²) in [7, 11) is 4.27. The van der Waals surface area contributed by atoms with Crippen molar-refractivity contribution in [2.75, 3.05) is 53.5 Å². The molecule has 0 aliphatic carbocycles. The molecule has 37 heavy (non-hydrogen) atoms. The summed E-state index contributed by atoms with van der Waals surface area (Å²) < 4.78 is 28.9. The molecule has 2 aliphatic rings. The summed E-state index contributed by atoms with van der Waals surface area (Å²) in [4.78, 5) is 4.60. The van der Waals surface area contributed by atoms with Crippen LogP contribution in [0.3, 0.4) is 0 Å². The molecule has 0 aromatic carbocycles. The van der Waals surface area contributed by atoms with Crippen LogP contribution >= 0.6 is 23.5 Å². The fourth-order valence-corrected chi connectivity index (χ4v) is 5.22. The van der Waals surface area contributed by atoms with E-state index in [0.717, 1.165) is 82.3 Å². The molecule has 0 fully saturated rings. The maximum Gasteiger partial charge on any atom is 0.253 e. The van der Waals surface area contributed by atoms with Crippen LogP contribution in [0, 0.1) is 5.92 Å². The van der Waals surface area contributed by atoms with E-state index in [1.165, 1.54) is 53.9 Å². The SMILES string of the molecule is CC(C)CCOc1nsnc1C1=CCCN(C)C1.CCCCCCOc1nsnc1C1=CCCN(C)C1. The van der Waals surface area contributed by atoms with Gasteiger partial charge in [0.2, 0.25) is 0 Å². The highest BCUT2D eigenvalue weighted by atomic mass is 32.1. The molecule has 2 aromatic rings. The first-order valence-corrected chi connectivity index (χ1v) is 15.1. The van der Waals surface area contributed by atoms with E-state index in [0.29, 0.717) is 11.8 Å². The molecule has 0 saturated carbocycles. The fraction of sp³-hybridized carbons (Fsp3) is 0.704. The topological polar surface area (TPSA) is 76.5 Å². The van der Waals surface area contributed by atoms with E-state index in [2.05, 4.69) is 74.3 Å². The molecule has 0 unspecified atom stereocenters. The third-order valence-corrected chi connectivity index (χ3v) is 7.40. The Hall–Kier alpha value is -1.88. The van der Waals surface area contributed by atoms with Crippen LogP contribution in [-0.4, -0.2) is 80.8 Å². The first-order valence-electron chi connectivity index (χ1n) is 13.6. The van der Waals surface area contributed by atoms with Crippen molar-refractivity contribution >= 4 is 34.6 Å². The summed E-state index contributed by atoms with van der Waals surface area (Å²) in [6.07, 6.45) is 12.6. The summed E-state index contributed by atoms with van der Waals surface area (Å²) in [5.74, 6) is 2.09. The highest BCUT2D eigenvalue weighted by molar-refractivity contribution is 6.99. The lowest BCUT2D eigenvalue weighted by molar-refractivity contribution is 0.280. The van der Waals surface area contributed by atoms with Crippen molar-refractivity contribution in [2.24, 2.45) is 5.92 Å². The van der Waals surface area contributed by atoms with Gasteiger partial charge in [0.05, 0.1) is 36.7 Å². The maximum absolute atomic E-state index is 5.79. The zero-order valence-electron chi connectivity index (χ0n) is 23.2. The van der Waals surface area contributed by atoms with Crippen LogP contribution in [0.1, 0.15) is 77.1 Å². The summed E-state index contributed by atoms with van der Waals surface area (Å²) in [6.45, 7) is 12.2. The zero-order valence-corrected chi connectivity index (χ0v) is 24.9. The molecule has 2 aromatic heterocycles. The quantitative estimate of drug-likeness (QED) is 0.304. The minimum Gasteiger partial charge on any atom is -0.475 e. The van der Waals surface area contributed by atoms with Crippen molar-refractivity contribution in [3.63, 3.8) is 0 Å². The van der Waals surface area contributed by atoms with Crippen LogP contribution < -0.4 is 9.47 Å². The van der Waals surface area contributed by atoms with E-state index < -0.39 is 0 Å². The van der Waals surface area contributed by atoms with Crippen molar-refractivity contribution < 1.29 is 9.47 Å². The van der Waals surface area contributed by atoms with Crippen LogP contribution in [-0.2, 0) is 0 Å². The Kier molecular flexibility index (Phi) is 13.0. The van der Waals surface area contributed by atoms with Gasteiger partial charge in [0.15, 0.2) is 0 Å². The van der Waals surface area contributed by atoms with Crippen molar-refractivity contribution in [3.8, 4) is 11.8 Å². The summed E-state index contributed by atoms with van der Waals surface area (Å²) in [6, 6.07) is 0. The molecule has 4 heterocycles. The lowest BCUT2D eigenvalue weighted by Gasteiger charge is -2.22. The molecule has 206 valence electrons. The highest BCUT2D eigenvalue weighted by Crippen LogP contribution is 2.28. The number of likely N-dealkylation sites (N-methyl/N-ethyl adjacent to an activating group) is 2. The van der Waals surface area contributed by atoms with Crippen molar-refractivity contribution in [2.45, 2.75) is 65.7 Å². The minimum atomic E-state index is 0.653. The number of hydrogen-bond acceptors (Lipinski definition) is 10. The van der Waals surface area contributed by atoms with E-state index in [4.69, 9.17) is 9.47 Å². The van der Waals surface area contributed by atoms with Gasteiger partial charge >= 0.3 is 0 Å². The standard InChI is InChI=1S/C14H23N3OS.C13H21N3OS/c1-3-4-5-6-10-18-14-13(15-19-16-14)12-8-7-9-17(2)11-12;1-10(2)6-8-17-13-12(14-18-15-13)11-5-4-7-16(3)9-11/h8H,3-7,9-11H2,1-2H3;5,10H,4,6-9H2,1-3H3. The molecule has 0 N–H and O–H groups in total. The second kappa shape index (κ2) is 16.2. The first kappa shape index (κ1) is 29.7. The fourth-order valence-electron chi connectivity index (χ4n) is 4.16. The van der Waals surface area contributed by atoms with Gasteiger partial charge in [0, 0.05) is 26.2 Å². The number of rotatable bonds is 12. The predicted molar refractivity (Wildman–Crippen MR) is 155 cm³/mol. The normalized spacial score (nSPS) is 16.7. The van der Waals surface area contributed by atoms with E-state index >= 15 is 0 Å². The van der Waals surface area contributed by atoms with Gasteiger partial charge in [-0.3, -0.25) is 0 Å². The minimum absolute atomic E-state index is 0.653. The van der Waals surface area contributed by atoms with E-state index in [1.807, 2.05) is 0 Å². The van der Waals surface area contributed by atoms with Gasteiger partial charge in [-0.25, -0.2) is 0 Å². The Balaban J connectivity index is 0.000000206. The molecule has 0 spiro atoms. The Labute approximate surface area is 231 Å². The average molecular weight is 549 g/mol. The Morgan fingerprint density at radius 2 is 1.32 bits per heavy atom. The zero-order chi connectivity index (χ0) is 26.5. The van der Waals surface area contributed by atoms with Gasteiger partial charge < -0.3 is 19.3 Å². The van der Waals surface area contributed by atoms with Gasteiger partial charge in [0.25, 0.3) is 11.8 Å². The third kappa shape index (κ3) is 10.1. The smallest absolute Gasteiger partial charge is 0.253 e. The lowest BCUT2D eigenvalue weighted by Crippen LogP contribution is -2.25. The second-order valence-corrected chi connectivity index (χ2v) is 11.3.